The zero-order valence-corrected chi connectivity index (χ0v) is 10.2. The summed E-state index contributed by atoms with van der Waals surface area (Å²) in [6, 6.07) is 0. The second-order valence-corrected chi connectivity index (χ2v) is 5.22. The molecule has 0 aliphatic heterocycles. The van der Waals surface area contributed by atoms with E-state index in [0.717, 1.165) is 0 Å². The van der Waals surface area contributed by atoms with Crippen molar-refractivity contribution in [1.29, 1.82) is 0 Å². The Hall–Kier alpha value is -0.990. The molecule has 16 heavy (non-hydrogen) atoms. The van der Waals surface area contributed by atoms with Crippen LogP contribution >= 0.6 is 0 Å². The number of nitrogens with zero attached hydrogens (tertiary/aromatic N) is 2. The zero-order valence-electron chi connectivity index (χ0n) is 9.36. The summed E-state index contributed by atoms with van der Waals surface area (Å²) in [4.78, 5) is 3.97. The Balaban J connectivity index is 2.29. The monoisotopic (exact) mass is 248 g/mol. The number of hydrogen-bond donors (Lipinski definition) is 2. The number of aryl methyl sites for hydroxylation is 1. The van der Waals surface area contributed by atoms with Crippen molar-refractivity contribution < 1.29 is 12.9 Å². The van der Waals surface area contributed by atoms with Crippen molar-refractivity contribution in [1.82, 2.24) is 20.2 Å². The molecule has 1 heterocycles. The molecule has 0 atom stereocenters. The molecule has 0 aliphatic carbocycles. The second-order valence-electron chi connectivity index (χ2n) is 3.30. The minimum atomic E-state index is -3.21. The van der Waals surface area contributed by atoms with Crippen molar-refractivity contribution in [3.8, 4) is 0 Å². The van der Waals surface area contributed by atoms with Gasteiger partial charge in [0.25, 0.3) is 0 Å². The first-order valence-electron chi connectivity index (χ1n) is 4.94. The molecule has 0 spiro atoms. The van der Waals surface area contributed by atoms with Crippen LogP contribution in [-0.4, -0.2) is 44.4 Å². The first-order chi connectivity index (χ1) is 7.53. The Morgan fingerprint density at radius 2 is 2.12 bits per heavy atom. The third kappa shape index (κ3) is 4.69. The molecule has 1 aromatic rings. The largest absolute Gasteiger partial charge is 0.340 e. The van der Waals surface area contributed by atoms with Crippen LogP contribution in [0, 0.1) is 6.92 Å². The summed E-state index contributed by atoms with van der Waals surface area (Å²) < 4.78 is 30.0. The van der Waals surface area contributed by atoms with Crippen molar-refractivity contribution in [2.45, 2.75) is 13.3 Å². The maximum Gasteiger partial charge on any atom is 0.223 e. The minimum absolute atomic E-state index is 0.0643. The smallest absolute Gasteiger partial charge is 0.223 e. The summed E-state index contributed by atoms with van der Waals surface area (Å²) in [5, 5.41) is 6.44. The van der Waals surface area contributed by atoms with E-state index in [2.05, 4.69) is 20.2 Å². The van der Waals surface area contributed by atoms with Gasteiger partial charge < -0.3 is 9.84 Å². The average Bonchev–Trinajstić information content (AvgIpc) is 2.61. The predicted octanol–water partition coefficient (Wildman–Crippen LogP) is -0.941. The van der Waals surface area contributed by atoms with E-state index in [1.54, 1.807) is 14.0 Å². The fourth-order valence-electron chi connectivity index (χ4n) is 1.07. The Morgan fingerprint density at radius 3 is 2.69 bits per heavy atom. The van der Waals surface area contributed by atoms with Crippen molar-refractivity contribution >= 4 is 10.0 Å². The lowest BCUT2D eigenvalue weighted by molar-refractivity contribution is 0.387. The molecule has 1 aromatic heterocycles. The lowest BCUT2D eigenvalue weighted by atomic mass is 10.4. The number of nitrogens with one attached hydrogen (secondary N) is 2. The molecule has 0 unspecified atom stereocenters. The molecule has 8 heteroatoms. The normalized spacial score (nSPS) is 11.9. The summed E-state index contributed by atoms with van der Waals surface area (Å²) in [6.45, 7) is 2.40. The van der Waals surface area contributed by atoms with E-state index >= 15 is 0 Å². The fraction of sp³-hybridized carbons (Fsp3) is 0.750. The van der Waals surface area contributed by atoms with Crippen LogP contribution in [0.5, 0.6) is 0 Å². The molecular formula is C8H16N4O3S. The number of aromatic nitrogens is 2. The van der Waals surface area contributed by atoms with Gasteiger partial charge in [-0.2, -0.15) is 4.98 Å². The third-order valence-corrected chi connectivity index (χ3v) is 3.25. The SMILES string of the molecule is CNCCS(=O)(=O)NCCc1noc(C)n1. The molecule has 0 aliphatic rings. The van der Waals surface area contributed by atoms with Gasteiger partial charge in [-0.15, -0.1) is 0 Å². The molecule has 7 nitrogen and oxygen atoms in total. The van der Waals surface area contributed by atoms with Crippen LogP contribution < -0.4 is 10.0 Å². The number of hydrogen-bond acceptors (Lipinski definition) is 6. The zero-order chi connectivity index (χ0) is 12.0. The van der Waals surface area contributed by atoms with Gasteiger partial charge in [-0.25, -0.2) is 13.1 Å². The number of rotatable bonds is 7. The van der Waals surface area contributed by atoms with Crippen LogP contribution in [0.4, 0.5) is 0 Å². The van der Waals surface area contributed by atoms with E-state index in [-0.39, 0.29) is 12.3 Å². The van der Waals surface area contributed by atoms with Crippen LogP contribution in [0.1, 0.15) is 11.7 Å². The van der Waals surface area contributed by atoms with Crippen molar-refractivity contribution in [3.05, 3.63) is 11.7 Å². The van der Waals surface area contributed by atoms with E-state index in [1.807, 2.05) is 0 Å². The summed E-state index contributed by atoms with van der Waals surface area (Å²) in [5.74, 6) is 1.05. The fourth-order valence-corrected chi connectivity index (χ4v) is 2.10. The Labute approximate surface area is 94.7 Å². The van der Waals surface area contributed by atoms with Gasteiger partial charge >= 0.3 is 0 Å². The molecular weight excluding hydrogens is 232 g/mol. The third-order valence-electron chi connectivity index (χ3n) is 1.86. The first-order valence-corrected chi connectivity index (χ1v) is 6.60. The average molecular weight is 248 g/mol. The molecule has 0 bridgehead atoms. The topological polar surface area (TPSA) is 97.1 Å². The predicted molar refractivity (Wildman–Crippen MR) is 58.5 cm³/mol. The maximum absolute atomic E-state index is 11.4. The van der Waals surface area contributed by atoms with Crippen molar-refractivity contribution in [2.24, 2.45) is 0 Å². The van der Waals surface area contributed by atoms with Gasteiger partial charge in [0.1, 0.15) is 0 Å². The molecule has 2 N–H and O–H groups in total. The van der Waals surface area contributed by atoms with Gasteiger partial charge in [0.05, 0.1) is 5.75 Å². The number of sulfonamides is 1. The van der Waals surface area contributed by atoms with Gasteiger partial charge in [-0.3, -0.25) is 0 Å². The van der Waals surface area contributed by atoms with E-state index in [1.165, 1.54) is 0 Å². The van der Waals surface area contributed by atoms with Crippen LogP contribution in [0.15, 0.2) is 4.52 Å². The van der Waals surface area contributed by atoms with Crippen LogP contribution in [-0.2, 0) is 16.4 Å². The molecule has 0 fully saturated rings. The van der Waals surface area contributed by atoms with Crippen LogP contribution in [0.2, 0.25) is 0 Å². The first kappa shape index (κ1) is 13.1. The molecule has 1 rings (SSSR count). The van der Waals surface area contributed by atoms with Crippen LogP contribution in [0.25, 0.3) is 0 Å². The minimum Gasteiger partial charge on any atom is -0.340 e. The van der Waals surface area contributed by atoms with Gasteiger partial charge in [0.2, 0.25) is 15.9 Å². The molecule has 0 saturated heterocycles. The Kier molecular flexibility index (Phi) is 4.84. The van der Waals surface area contributed by atoms with Gasteiger partial charge in [-0.1, -0.05) is 5.16 Å². The molecule has 0 amide bonds. The second kappa shape index (κ2) is 5.92. The highest BCUT2D eigenvalue weighted by atomic mass is 32.2. The van der Waals surface area contributed by atoms with Gasteiger partial charge in [0, 0.05) is 26.4 Å². The standard InChI is InChI=1S/C8H16N4O3S/c1-7-11-8(12-15-7)3-4-10-16(13,14)6-5-9-2/h9-10H,3-6H2,1-2H3. The molecule has 0 saturated carbocycles. The molecule has 0 radical (unpaired) electrons. The summed E-state index contributed by atoms with van der Waals surface area (Å²) in [6.07, 6.45) is 0.427. The molecule has 92 valence electrons. The van der Waals surface area contributed by atoms with E-state index in [0.29, 0.717) is 24.7 Å². The highest BCUT2D eigenvalue weighted by Crippen LogP contribution is 1.95. The lowest BCUT2D eigenvalue weighted by Crippen LogP contribution is -2.32. The van der Waals surface area contributed by atoms with Crippen molar-refractivity contribution in [3.63, 3.8) is 0 Å². The summed E-state index contributed by atoms with van der Waals surface area (Å²) in [7, 11) is -1.50. The van der Waals surface area contributed by atoms with Crippen LogP contribution in [0.3, 0.4) is 0 Å². The highest BCUT2D eigenvalue weighted by Gasteiger charge is 2.09. The quantitative estimate of drug-likeness (QED) is 0.646. The van der Waals surface area contributed by atoms with E-state index in [9.17, 15) is 8.42 Å². The van der Waals surface area contributed by atoms with Gasteiger partial charge in [-0.05, 0) is 7.05 Å². The summed E-state index contributed by atoms with van der Waals surface area (Å²) in [5.41, 5.74) is 0. The van der Waals surface area contributed by atoms with Gasteiger partial charge in [0.15, 0.2) is 5.82 Å². The maximum atomic E-state index is 11.4. The van der Waals surface area contributed by atoms with E-state index < -0.39 is 10.0 Å². The Morgan fingerprint density at radius 1 is 1.38 bits per heavy atom. The van der Waals surface area contributed by atoms with E-state index in [4.69, 9.17) is 4.52 Å². The lowest BCUT2D eigenvalue weighted by Gasteiger charge is -2.04. The molecule has 0 aromatic carbocycles. The Bertz CT molecular complexity index is 415. The van der Waals surface area contributed by atoms with Crippen molar-refractivity contribution in [2.75, 3.05) is 25.9 Å². The summed E-state index contributed by atoms with van der Waals surface area (Å²) >= 11 is 0. The highest BCUT2D eigenvalue weighted by molar-refractivity contribution is 7.89.